The van der Waals surface area contributed by atoms with Gasteiger partial charge in [0.25, 0.3) is 0 Å². The van der Waals surface area contributed by atoms with Gasteiger partial charge in [-0.3, -0.25) is 13.6 Å². The number of aromatic nitrogens is 4. The molecule has 2 aromatic rings. The molecule has 0 spiro atoms. The molecular formula is C17H23F6N6O4P. The Morgan fingerprint density at radius 2 is 1.74 bits per heavy atom. The standard InChI is InChI=1S/C17H23F6N6O4P/c1-10(2)26-12-11-13(28-14(24)27-12)29(8-25-11)5-15(3-4-15)31-9-34(30,32-6-16(18,19)20)33-7-17(21,22)23/h8,10H,3-7,9H2,1-2H3,(H3,24,26,27,28). The largest absolute Gasteiger partial charge is 0.412 e. The van der Waals surface area contributed by atoms with E-state index in [1.165, 1.54) is 6.33 Å². The van der Waals surface area contributed by atoms with Gasteiger partial charge in [0.2, 0.25) is 5.95 Å². The summed E-state index contributed by atoms with van der Waals surface area (Å²) in [6.07, 6.45) is -8.74. The number of hydrogen-bond donors (Lipinski definition) is 2. The van der Waals surface area contributed by atoms with Crippen LogP contribution < -0.4 is 11.1 Å². The molecule has 1 fully saturated rings. The SMILES string of the molecule is CC(C)Nc1nc(N)nc2c1ncn2CC1(OCP(=O)(OCC(F)(F)F)OCC(F)(F)F)CC1. The van der Waals surface area contributed by atoms with Crippen LogP contribution in [0.3, 0.4) is 0 Å². The summed E-state index contributed by atoms with van der Waals surface area (Å²) in [4.78, 5) is 12.5. The minimum Gasteiger partial charge on any atom is -0.368 e. The number of nitrogens with one attached hydrogen (secondary N) is 1. The number of anilines is 2. The van der Waals surface area contributed by atoms with Gasteiger partial charge in [-0.05, 0) is 26.7 Å². The third-order valence-corrected chi connectivity index (χ3v) is 6.04. The van der Waals surface area contributed by atoms with Crippen molar-refractivity contribution in [2.75, 3.05) is 30.6 Å². The molecule has 192 valence electrons. The number of imidazole rings is 1. The molecule has 1 saturated carbocycles. The van der Waals surface area contributed by atoms with E-state index in [0.29, 0.717) is 29.8 Å². The second kappa shape index (κ2) is 9.47. The maximum absolute atomic E-state index is 12.6. The second-order valence-electron chi connectivity index (χ2n) is 8.12. The third-order valence-electron chi connectivity index (χ3n) is 4.55. The predicted octanol–water partition coefficient (Wildman–Crippen LogP) is 4.09. The van der Waals surface area contributed by atoms with Gasteiger partial charge in [0.1, 0.15) is 6.35 Å². The van der Waals surface area contributed by atoms with Crippen LogP contribution in [0.2, 0.25) is 0 Å². The monoisotopic (exact) mass is 520 g/mol. The molecule has 0 radical (unpaired) electrons. The summed E-state index contributed by atoms with van der Waals surface area (Å²) in [6, 6.07) is 0.0169. The Hall–Kier alpha value is -2.16. The van der Waals surface area contributed by atoms with Gasteiger partial charge in [-0.1, -0.05) is 0 Å². The molecule has 0 unspecified atom stereocenters. The number of nitrogens with zero attached hydrogens (tertiary/aromatic N) is 4. The van der Waals surface area contributed by atoms with Crippen molar-refractivity contribution in [3.05, 3.63) is 6.33 Å². The lowest BCUT2D eigenvalue weighted by atomic mass is 10.3. The van der Waals surface area contributed by atoms with Crippen molar-refractivity contribution < 1.29 is 44.7 Å². The Balaban J connectivity index is 1.74. The number of halogens is 6. The number of nitrogen functional groups attached to an aromatic ring is 1. The molecule has 17 heteroatoms. The van der Waals surface area contributed by atoms with Crippen LogP contribution in [0.25, 0.3) is 11.2 Å². The predicted molar refractivity (Wildman–Crippen MR) is 108 cm³/mol. The number of hydrogen-bond acceptors (Lipinski definition) is 9. The lowest BCUT2D eigenvalue weighted by molar-refractivity contribution is -0.166. The molecule has 0 bridgehead atoms. The normalized spacial score (nSPS) is 16.4. The molecule has 1 aliphatic carbocycles. The summed E-state index contributed by atoms with van der Waals surface area (Å²) in [7, 11) is -4.88. The van der Waals surface area contributed by atoms with E-state index in [4.69, 9.17) is 10.5 Å². The van der Waals surface area contributed by atoms with E-state index >= 15 is 0 Å². The molecular weight excluding hydrogens is 497 g/mol. The van der Waals surface area contributed by atoms with Crippen LogP contribution >= 0.6 is 7.60 Å². The smallest absolute Gasteiger partial charge is 0.368 e. The highest BCUT2D eigenvalue weighted by molar-refractivity contribution is 7.53. The first-order chi connectivity index (χ1) is 15.6. The summed E-state index contributed by atoms with van der Waals surface area (Å²) in [5.41, 5.74) is 5.49. The molecule has 3 N–H and O–H groups in total. The zero-order chi connectivity index (χ0) is 25.4. The maximum Gasteiger partial charge on any atom is 0.412 e. The van der Waals surface area contributed by atoms with Gasteiger partial charge in [-0.15, -0.1) is 0 Å². The maximum atomic E-state index is 12.6. The van der Waals surface area contributed by atoms with Gasteiger partial charge in [0.15, 0.2) is 30.2 Å². The summed E-state index contributed by atoms with van der Waals surface area (Å²) in [6.45, 7) is -0.263. The van der Waals surface area contributed by atoms with E-state index in [2.05, 4.69) is 29.3 Å². The highest BCUT2D eigenvalue weighted by Crippen LogP contribution is 2.53. The lowest BCUT2D eigenvalue weighted by Crippen LogP contribution is -2.25. The van der Waals surface area contributed by atoms with E-state index in [1.807, 2.05) is 13.8 Å². The number of nitrogens with two attached hydrogens (primary N) is 1. The zero-order valence-electron chi connectivity index (χ0n) is 18.1. The van der Waals surface area contributed by atoms with Crippen LogP contribution in [-0.2, 0) is 24.9 Å². The number of rotatable bonds is 11. The fourth-order valence-corrected chi connectivity index (χ4v) is 4.26. The summed E-state index contributed by atoms with van der Waals surface area (Å²) >= 11 is 0. The van der Waals surface area contributed by atoms with Crippen molar-refractivity contribution in [2.45, 2.75) is 57.2 Å². The first-order valence-corrected chi connectivity index (χ1v) is 11.7. The van der Waals surface area contributed by atoms with E-state index in [-0.39, 0.29) is 18.5 Å². The molecule has 0 aliphatic heterocycles. The van der Waals surface area contributed by atoms with E-state index in [9.17, 15) is 30.9 Å². The van der Waals surface area contributed by atoms with Crippen molar-refractivity contribution >= 4 is 30.5 Å². The first-order valence-electron chi connectivity index (χ1n) is 9.99. The van der Waals surface area contributed by atoms with Crippen LogP contribution in [0.1, 0.15) is 26.7 Å². The summed E-state index contributed by atoms with van der Waals surface area (Å²) < 4.78 is 103. The minimum absolute atomic E-state index is 0.0169. The topological polar surface area (TPSA) is 126 Å². The second-order valence-corrected chi connectivity index (χ2v) is 10.1. The van der Waals surface area contributed by atoms with Crippen LogP contribution in [0.5, 0.6) is 0 Å². The van der Waals surface area contributed by atoms with Crippen LogP contribution in [0.15, 0.2) is 6.33 Å². The van der Waals surface area contributed by atoms with Gasteiger partial charge in [0.05, 0.1) is 18.5 Å². The number of alkyl halides is 6. The Kier molecular flexibility index (Phi) is 7.37. The summed E-state index contributed by atoms with van der Waals surface area (Å²) in [5, 5.41) is 3.09. The highest BCUT2D eigenvalue weighted by Gasteiger charge is 2.48. The average Bonchev–Trinajstić information content (AvgIpc) is 3.35. The molecule has 1 aliphatic rings. The molecule has 0 saturated heterocycles. The summed E-state index contributed by atoms with van der Waals surface area (Å²) in [5.74, 6) is 0.362. The van der Waals surface area contributed by atoms with E-state index in [1.54, 1.807) is 4.57 Å². The van der Waals surface area contributed by atoms with Crippen molar-refractivity contribution in [1.29, 1.82) is 0 Å². The number of ether oxygens (including phenoxy) is 1. The van der Waals surface area contributed by atoms with Crippen LogP contribution in [0.4, 0.5) is 38.1 Å². The first kappa shape index (κ1) is 26.4. The highest BCUT2D eigenvalue weighted by atomic mass is 31.2. The average molecular weight is 520 g/mol. The molecule has 0 atom stereocenters. The Labute approximate surface area is 189 Å². The van der Waals surface area contributed by atoms with E-state index < -0.39 is 45.1 Å². The van der Waals surface area contributed by atoms with Gasteiger partial charge < -0.3 is 20.4 Å². The van der Waals surface area contributed by atoms with Crippen molar-refractivity contribution in [3.63, 3.8) is 0 Å². The van der Waals surface area contributed by atoms with E-state index in [0.717, 1.165) is 0 Å². The molecule has 3 rings (SSSR count). The minimum atomic E-state index is -4.92. The molecule has 0 amide bonds. The van der Waals surface area contributed by atoms with Crippen LogP contribution in [-0.4, -0.2) is 63.1 Å². The Morgan fingerprint density at radius 1 is 1.15 bits per heavy atom. The molecule has 2 aromatic heterocycles. The van der Waals surface area contributed by atoms with Gasteiger partial charge >= 0.3 is 19.9 Å². The van der Waals surface area contributed by atoms with Crippen molar-refractivity contribution in [3.8, 4) is 0 Å². The zero-order valence-corrected chi connectivity index (χ0v) is 19.0. The van der Waals surface area contributed by atoms with Crippen molar-refractivity contribution in [1.82, 2.24) is 19.5 Å². The van der Waals surface area contributed by atoms with Gasteiger partial charge in [-0.2, -0.15) is 36.3 Å². The van der Waals surface area contributed by atoms with Crippen molar-refractivity contribution in [2.24, 2.45) is 0 Å². The molecule has 2 heterocycles. The Morgan fingerprint density at radius 3 is 2.24 bits per heavy atom. The van der Waals surface area contributed by atoms with Gasteiger partial charge in [0, 0.05) is 6.04 Å². The van der Waals surface area contributed by atoms with Gasteiger partial charge in [-0.25, -0.2) is 4.98 Å². The molecule has 0 aromatic carbocycles. The number of fused-ring (bicyclic) bond motifs is 1. The fourth-order valence-electron chi connectivity index (χ4n) is 2.92. The Bertz CT molecular complexity index is 1030. The fraction of sp³-hybridized carbons (Fsp3) is 0.706. The third kappa shape index (κ3) is 7.42. The molecule has 10 nitrogen and oxygen atoms in total. The van der Waals surface area contributed by atoms with Crippen LogP contribution in [0, 0.1) is 0 Å². The molecule has 34 heavy (non-hydrogen) atoms. The lowest BCUT2D eigenvalue weighted by Gasteiger charge is -2.23. The quantitative estimate of drug-likeness (QED) is 0.333.